The van der Waals surface area contributed by atoms with Gasteiger partial charge in [-0.05, 0) is 29.8 Å². The zero-order valence-corrected chi connectivity index (χ0v) is 18.3. The number of rotatable bonds is 7. The summed E-state index contributed by atoms with van der Waals surface area (Å²) in [4.78, 5) is 25.4. The molecule has 0 atom stereocenters. The molecule has 1 aliphatic heterocycles. The smallest absolute Gasteiger partial charge is 0.242 e. The van der Waals surface area contributed by atoms with Crippen molar-refractivity contribution in [3.8, 4) is 0 Å². The second-order valence-corrected chi connectivity index (χ2v) is 8.66. The van der Waals surface area contributed by atoms with Gasteiger partial charge in [0.1, 0.15) is 23.9 Å². The van der Waals surface area contributed by atoms with Crippen molar-refractivity contribution in [1.29, 1.82) is 0 Å². The number of nitrogens with one attached hydrogen (secondary N) is 2. The van der Waals surface area contributed by atoms with Crippen LogP contribution in [0.25, 0.3) is 11.0 Å². The highest BCUT2D eigenvalue weighted by molar-refractivity contribution is 7.98. The van der Waals surface area contributed by atoms with Crippen LogP contribution in [0.4, 0.5) is 10.2 Å². The zero-order chi connectivity index (χ0) is 22.8. The minimum atomic E-state index is -0.326. The third-order valence-electron chi connectivity index (χ3n) is 5.35. The van der Waals surface area contributed by atoms with Gasteiger partial charge in [0, 0.05) is 29.0 Å². The summed E-state index contributed by atoms with van der Waals surface area (Å²) >= 11 is 1.71. The average molecular weight is 466 g/mol. The van der Waals surface area contributed by atoms with Gasteiger partial charge in [-0.15, -0.1) is 0 Å². The fraction of sp³-hybridized carbons (Fsp3) is 0.217. The molecule has 0 aliphatic carbocycles. The Hall–Kier alpha value is -3.66. The third-order valence-corrected chi connectivity index (χ3v) is 6.32. The summed E-state index contributed by atoms with van der Waals surface area (Å²) < 4.78 is 19.9. The maximum Gasteiger partial charge on any atom is 0.242 e. The SMILES string of the molecule is O=C(Cn1nc2c(c1NC(=O)Cc1noc3ccccc13)CSC2)NCc1ccc(F)cc1. The summed E-state index contributed by atoms with van der Waals surface area (Å²) in [6, 6.07) is 13.3. The van der Waals surface area contributed by atoms with Gasteiger partial charge in [0.05, 0.1) is 12.1 Å². The molecule has 10 heteroatoms. The number of nitrogens with zero attached hydrogens (tertiary/aromatic N) is 3. The van der Waals surface area contributed by atoms with Crippen LogP contribution >= 0.6 is 11.8 Å². The van der Waals surface area contributed by atoms with Gasteiger partial charge in [-0.1, -0.05) is 29.4 Å². The highest BCUT2D eigenvalue weighted by atomic mass is 32.2. The van der Waals surface area contributed by atoms with Crippen LogP contribution in [-0.4, -0.2) is 26.8 Å². The van der Waals surface area contributed by atoms with Crippen molar-refractivity contribution in [3.05, 3.63) is 76.9 Å². The van der Waals surface area contributed by atoms with E-state index in [1.165, 1.54) is 16.8 Å². The van der Waals surface area contributed by atoms with Gasteiger partial charge >= 0.3 is 0 Å². The molecule has 2 aromatic carbocycles. The predicted octanol–water partition coefficient (Wildman–Crippen LogP) is 3.41. The molecule has 4 aromatic rings. The molecule has 2 amide bonds. The lowest BCUT2D eigenvalue weighted by atomic mass is 10.1. The summed E-state index contributed by atoms with van der Waals surface area (Å²) in [5.41, 5.74) is 3.77. The number of hydrogen-bond acceptors (Lipinski definition) is 6. The van der Waals surface area contributed by atoms with E-state index in [1.807, 2.05) is 18.2 Å². The monoisotopic (exact) mass is 465 g/mol. The van der Waals surface area contributed by atoms with Crippen LogP contribution in [0.5, 0.6) is 0 Å². The maximum atomic E-state index is 13.1. The molecule has 0 spiro atoms. The van der Waals surface area contributed by atoms with Gasteiger partial charge in [-0.2, -0.15) is 16.9 Å². The lowest BCUT2D eigenvalue weighted by Crippen LogP contribution is -2.29. The number of fused-ring (bicyclic) bond motifs is 2. The number of amides is 2. The Morgan fingerprint density at radius 3 is 2.76 bits per heavy atom. The van der Waals surface area contributed by atoms with Gasteiger partial charge in [0.2, 0.25) is 11.8 Å². The van der Waals surface area contributed by atoms with E-state index in [1.54, 1.807) is 30.0 Å². The molecule has 2 N–H and O–H groups in total. The summed E-state index contributed by atoms with van der Waals surface area (Å²) in [5.74, 6) is 1.14. The minimum Gasteiger partial charge on any atom is -0.356 e. The quantitative estimate of drug-likeness (QED) is 0.434. The maximum absolute atomic E-state index is 13.1. The largest absolute Gasteiger partial charge is 0.356 e. The minimum absolute atomic E-state index is 0.0403. The Kier molecular flexibility index (Phi) is 5.82. The van der Waals surface area contributed by atoms with Crippen LogP contribution < -0.4 is 10.6 Å². The second kappa shape index (κ2) is 9.07. The van der Waals surface area contributed by atoms with E-state index in [2.05, 4.69) is 20.9 Å². The first-order valence-corrected chi connectivity index (χ1v) is 11.5. The third kappa shape index (κ3) is 4.61. The van der Waals surface area contributed by atoms with Gasteiger partial charge in [-0.25, -0.2) is 9.07 Å². The molecule has 2 aromatic heterocycles. The Bertz CT molecular complexity index is 1330. The van der Waals surface area contributed by atoms with Crippen LogP contribution in [0.2, 0.25) is 0 Å². The fourth-order valence-corrected chi connectivity index (χ4v) is 4.74. The first-order valence-electron chi connectivity index (χ1n) is 10.4. The van der Waals surface area contributed by atoms with Gasteiger partial charge in [0.25, 0.3) is 0 Å². The molecule has 0 saturated carbocycles. The highest BCUT2D eigenvalue weighted by Crippen LogP contribution is 2.34. The number of thioether (sulfide) groups is 1. The van der Waals surface area contributed by atoms with E-state index < -0.39 is 0 Å². The molecule has 0 fully saturated rings. The first kappa shape index (κ1) is 21.2. The van der Waals surface area contributed by atoms with E-state index in [-0.39, 0.29) is 37.1 Å². The molecular weight excluding hydrogens is 445 g/mol. The van der Waals surface area contributed by atoms with Crippen molar-refractivity contribution in [1.82, 2.24) is 20.3 Å². The molecule has 168 valence electrons. The lowest BCUT2D eigenvalue weighted by molar-refractivity contribution is -0.122. The van der Waals surface area contributed by atoms with Crippen LogP contribution in [0, 0.1) is 5.82 Å². The second-order valence-electron chi connectivity index (χ2n) is 7.68. The number of anilines is 1. The standard InChI is InChI=1S/C23H20FN5O3S/c24-15-7-5-14(6-8-15)10-25-22(31)11-29-23(17-12-33-13-19(17)27-29)26-21(30)9-18-16-3-1-2-4-20(16)32-28-18/h1-8H,9-13H2,(H,25,31)(H,26,30). The molecule has 1 aliphatic rings. The number of halogens is 1. The van der Waals surface area contributed by atoms with Crippen molar-refractivity contribution < 1.29 is 18.5 Å². The van der Waals surface area contributed by atoms with Crippen molar-refractivity contribution in [2.24, 2.45) is 0 Å². The van der Waals surface area contributed by atoms with Crippen molar-refractivity contribution >= 4 is 40.4 Å². The Morgan fingerprint density at radius 1 is 1.09 bits per heavy atom. The van der Waals surface area contributed by atoms with E-state index in [9.17, 15) is 14.0 Å². The summed E-state index contributed by atoms with van der Waals surface area (Å²) in [5, 5.41) is 15.1. The van der Waals surface area contributed by atoms with E-state index in [0.717, 1.165) is 33.7 Å². The molecule has 8 nitrogen and oxygen atoms in total. The predicted molar refractivity (Wildman–Crippen MR) is 122 cm³/mol. The van der Waals surface area contributed by atoms with Crippen molar-refractivity contribution in [3.63, 3.8) is 0 Å². The van der Waals surface area contributed by atoms with Crippen LogP contribution in [0.1, 0.15) is 22.5 Å². The topological polar surface area (TPSA) is 102 Å². The first-order chi connectivity index (χ1) is 16.1. The number of para-hydroxylation sites is 1. The van der Waals surface area contributed by atoms with Crippen molar-refractivity contribution in [2.45, 2.75) is 31.0 Å². The number of carbonyl (C=O) groups excluding carboxylic acids is 2. The fourth-order valence-electron chi connectivity index (χ4n) is 3.71. The average Bonchev–Trinajstić information content (AvgIpc) is 3.51. The van der Waals surface area contributed by atoms with E-state index in [0.29, 0.717) is 17.1 Å². The zero-order valence-electron chi connectivity index (χ0n) is 17.5. The highest BCUT2D eigenvalue weighted by Gasteiger charge is 2.25. The Balaban J connectivity index is 1.28. The normalized spacial score (nSPS) is 12.6. The number of aromatic nitrogens is 3. The molecular formula is C23H20FN5O3S. The van der Waals surface area contributed by atoms with Gasteiger partial charge < -0.3 is 15.2 Å². The number of hydrogen-bond donors (Lipinski definition) is 2. The molecule has 5 rings (SSSR count). The number of carbonyl (C=O) groups is 2. The summed E-state index contributed by atoms with van der Waals surface area (Å²) in [6.07, 6.45) is 0.0425. The van der Waals surface area contributed by atoms with Gasteiger partial charge in [0.15, 0.2) is 5.58 Å². The Labute approximate surface area is 192 Å². The Morgan fingerprint density at radius 2 is 1.91 bits per heavy atom. The van der Waals surface area contributed by atoms with Crippen LogP contribution in [0.3, 0.4) is 0 Å². The molecule has 0 unspecified atom stereocenters. The molecule has 0 saturated heterocycles. The number of benzene rings is 2. The summed E-state index contributed by atoms with van der Waals surface area (Å²) in [6.45, 7) is 0.234. The van der Waals surface area contributed by atoms with Crippen LogP contribution in [-0.2, 0) is 40.6 Å². The lowest BCUT2D eigenvalue weighted by Gasteiger charge is -2.11. The van der Waals surface area contributed by atoms with E-state index in [4.69, 9.17) is 4.52 Å². The molecule has 0 bridgehead atoms. The van der Waals surface area contributed by atoms with E-state index >= 15 is 0 Å². The van der Waals surface area contributed by atoms with Crippen molar-refractivity contribution in [2.75, 3.05) is 5.32 Å². The van der Waals surface area contributed by atoms with Crippen LogP contribution in [0.15, 0.2) is 53.1 Å². The van der Waals surface area contributed by atoms with Gasteiger partial charge in [-0.3, -0.25) is 9.59 Å². The summed E-state index contributed by atoms with van der Waals surface area (Å²) in [7, 11) is 0. The molecule has 0 radical (unpaired) electrons. The molecule has 33 heavy (non-hydrogen) atoms. The molecule has 3 heterocycles.